The summed E-state index contributed by atoms with van der Waals surface area (Å²) in [6.45, 7) is 1.86. The molecule has 0 aliphatic carbocycles. The first-order valence-electron chi connectivity index (χ1n) is 4.47. The van der Waals surface area contributed by atoms with Crippen LogP contribution in [0.2, 0.25) is 0 Å². The molecule has 0 aliphatic rings. The summed E-state index contributed by atoms with van der Waals surface area (Å²) >= 11 is 0. The largest absolute Gasteiger partial charge is 0.493 e. The molecular weight excluding hydrogens is 198 g/mol. The van der Waals surface area contributed by atoms with Crippen LogP contribution in [0.5, 0.6) is 5.75 Å². The van der Waals surface area contributed by atoms with Gasteiger partial charge in [-0.25, -0.2) is 0 Å². The maximum absolute atomic E-state index is 10.6. The molecule has 0 fully saturated rings. The van der Waals surface area contributed by atoms with Crippen molar-refractivity contribution in [2.75, 3.05) is 6.61 Å². The van der Waals surface area contributed by atoms with Crippen molar-refractivity contribution < 1.29 is 14.5 Å². The molecule has 0 heterocycles. The minimum Gasteiger partial charge on any atom is -0.493 e. The third-order valence-corrected chi connectivity index (χ3v) is 1.95. The van der Waals surface area contributed by atoms with Gasteiger partial charge in [-0.2, -0.15) is 0 Å². The number of carbonyl (C=O) groups excluding carboxylic acids is 1. The van der Waals surface area contributed by atoms with Gasteiger partial charge in [0.2, 0.25) is 0 Å². The second-order valence-electron chi connectivity index (χ2n) is 2.96. The molecule has 0 spiro atoms. The van der Waals surface area contributed by atoms with Crippen LogP contribution < -0.4 is 4.74 Å². The highest BCUT2D eigenvalue weighted by atomic mass is 16.6. The molecule has 0 saturated heterocycles. The molecule has 0 unspecified atom stereocenters. The Balaban J connectivity index is 2.84. The molecule has 0 aromatic heterocycles. The lowest BCUT2D eigenvalue weighted by atomic mass is 10.2. The minimum atomic E-state index is -0.456. The molecule has 0 aliphatic heterocycles. The SMILES string of the molecule is Cc1c(OCCC=O)cccc1[N+](=O)[O-]. The van der Waals surface area contributed by atoms with Gasteiger partial charge in [0, 0.05) is 12.5 Å². The van der Waals surface area contributed by atoms with Crippen molar-refractivity contribution in [1.82, 2.24) is 0 Å². The summed E-state index contributed by atoms with van der Waals surface area (Å²) in [5, 5.41) is 10.6. The number of nitrogens with zero attached hydrogens (tertiary/aromatic N) is 1. The van der Waals surface area contributed by atoms with E-state index in [1.54, 1.807) is 19.1 Å². The van der Waals surface area contributed by atoms with Crippen LogP contribution in [-0.4, -0.2) is 17.8 Å². The van der Waals surface area contributed by atoms with E-state index in [0.717, 1.165) is 6.29 Å². The second kappa shape index (κ2) is 5.09. The van der Waals surface area contributed by atoms with Gasteiger partial charge in [-0.05, 0) is 13.0 Å². The molecule has 0 radical (unpaired) electrons. The molecule has 1 aromatic rings. The summed E-state index contributed by atoms with van der Waals surface area (Å²) in [6, 6.07) is 4.62. The summed E-state index contributed by atoms with van der Waals surface area (Å²) in [5.41, 5.74) is 0.506. The first kappa shape index (κ1) is 11.2. The van der Waals surface area contributed by atoms with E-state index in [9.17, 15) is 14.9 Å². The van der Waals surface area contributed by atoms with Gasteiger partial charge in [0.25, 0.3) is 5.69 Å². The molecular formula is C10H11NO4. The van der Waals surface area contributed by atoms with Crippen molar-refractivity contribution in [1.29, 1.82) is 0 Å². The van der Waals surface area contributed by atoms with Gasteiger partial charge < -0.3 is 9.53 Å². The van der Waals surface area contributed by atoms with Crippen LogP contribution in [0.4, 0.5) is 5.69 Å². The number of nitro groups is 1. The van der Waals surface area contributed by atoms with Crippen molar-refractivity contribution >= 4 is 12.0 Å². The predicted octanol–water partition coefficient (Wildman–Crippen LogP) is 1.87. The zero-order chi connectivity index (χ0) is 11.3. The van der Waals surface area contributed by atoms with Gasteiger partial charge in [0.15, 0.2) is 0 Å². The fourth-order valence-corrected chi connectivity index (χ4v) is 1.17. The Labute approximate surface area is 86.8 Å². The first-order valence-corrected chi connectivity index (χ1v) is 4.47. The minimum absolute atomic E-state index is 0.0265. The van der Waals surface area contributed by atoms with Crippen LogP contribution >= 0.6 is 0 Å². The standard InChI is InChI=1S/C10H11NO4/c1-8-9(11(13)14)4-2-5-10(8)15-7-3-6-12/h2,4-6H,3,7H2,1H3. The van der Waals surface area contributed by atoms with Crippen molar-refractivity contribution in [3.8, 4) is 5.75 Å². The second-order valence-corrected chi connectivity index (χ2v) is 2.96. The fourth-order valence-electron chi connectivity index (χ4n) is 1.17. The molecule has 0 atom stereocenters. The summed E-state index contributed by atoms with van der Waals surface area (Å²) in [6.07, 6.45) is 1.02. The highest BCUT2D eigenvalue weighted by Gasteiger charge is 2.13. The summed E-state index contributed by atoms with van der Waals surface area (Å²) in [7, 11) is 0. The van der Waals surface area contributed by atoms with E-state index in [0.29, 0.717) is 11.3 Å². The Morgan fingerprint density at radius 3 is 2.87 bits per heavy atom. The topological polar surface area (TPSA) is 69.4 Å². The molecule has 1 rings (SSSR count). The van der Waals surface area contributed by atoms with Crippen LogP contribution in [0.1, 0.15) is 12.0 Å². The maximum atomic E-state index is 10.6. The molecule has 0 N–H and O–H groups in total. The van der Waals surface area contributed by atoms with Gasteiger partial charge >= 0.3 is 0 Å². The zero-order valence-electron chi connectivity index (χ0n) is 8.30. The summed E-state index contributed by atoms with van der Waals surface area (Å²) in [5.74, 6) is 0.450. The lowest BCUT2D eigenvalue weighted by molar-refractivity contribution is -0.385. The maximum Gasteiger partial charge on any atom is 0.276 e. The highest BCUT2D eigenvalue weighted by molar-refractivity contribution is 5.50. The Kier molecular flexibility index (Phi) is 3.79. The van der Waals surface area contributed by atoms with E-state index in [4.69, 9.17) is 4.74 Å². The summed E-state index contributed by atoms with van der Waals surface area (Å²) < 4.78 is 5.23. The van der Waals surface area contributed by atoms with Gasteiger partial charge in [-0.3, -0.25) is 10.1 Å². The number of nitro benzene ring substituents is 1. The van der Waals surface area contributed by atoms with Gasteiger partial charge in [-0.15, -0.1) is 0 Å². The average molecular weight is 209 g/mol. The van der Waals surface area contributed by atoms with Crippen LogP contribution in [-0.2, 0) is 4.79 Å². The van der Waals surface area contributed by atoms with Crippen LogP contribution in [0.25, 0.3) is 0 Å². The third kappa shape index (κ3) is 2.77. The van der Waals surface area contributed by atoms with Crippen molar-refractivity contribution in [2.45, 2.75) is 13.3 Å². The molecule has 1 aromatic carbocycles. The Hall–Kier alpha value is -1.91. The number of aldehydes is 1. The Morgan fingerprint density at radius 2 is 2.27 bits per heavy atom. The zero-order valence-corrected chi connectivity index (χ0v) is 8.30. The molecule has 0 amide bonds. The number of carbonyl (C=O) groups is 1. The highest BCUT2D eigenvalue weighted by Crippen LogP contribution is 2.26. The van der Waals surface area contributed by atoms with Gasteiger partial charge in [0.1, 0.15) is 12.0 Å². The van der Waals surface area contributed by atoms with Crippen molar-refractivity contribution in [2.24, 2.45) is 0 Å². The van der Waals surface area contributed by atoms with E-state index in [2.05, 4.69) is 0 Å². The van der Waals surface area contributed by atoms with Crippen LogP contribution in [0.3, 0.4) is 0 Å². The smallest absolute Gasteiger partial charge is 0.276 e. The Bertz CT molecular complexity index is 376. The fraction of sp³-hybridized carbons (Fsp3) is 0.300. The predicted molar refractivity (Wildman–Crippen MR) is 54.0 cm³/mol. The molecule has 80 valence electrons. The monoisotopic (exact) mass is 209 g/mol. The number of hydrogen-bond donors (Lipinski definition) is 0. The molecule has 5 heteroatoms. The van der Waals surface area contributed by atoms with E-state index in [-0.39, 0.29) is 18.7 Å². The molecule has 5 nitrogen and oxygen atoms in total. The van der Waals surface area contributed by atoms with E-state index < -0.39 is 4.92 Å². The average Bonchev–Trinajstić information content (AvgIpc) is 2.20. The number of ether oxygens (including phenoxy) is 1. The van der Waals surface area contributed by atoms with E-state index in [1.165, 1.54) is 6.07 Å². The lowest BCUT2D eigenvalue weighted by Gasteiger charge is -2.07. The van der Waals surface area contributed by atoms with Crippen LogP contribution in [0, 0.1) is 17.0 Å². The Morgan fingerprint density at radius 1 is 1.53 bits per heavy atom. The van der Waals surface area contributed by atoms with Gasteiger partial charge in [-0.1, -0.05) is 6.07 Å². The third-order valence-electron chi connectivity index (χ3n) is 1.95. The molecule has 0 bridgehead atoms. The van der Waals surface area contributed by atoms with Gasteiger partial charge in [0.05, 0.1) is 17.1 Å². The number of rotatable bonds is 5. The van der Waals surface area contributed by atoms with E-state index >= 15 is 0 Å². The first-order chi connectivity index (χ1) is 7.16. The normalized spacial score (nSPS) is 9.67. The quantitative estimate of drug-likeness (QED) is 0.321. The number of hydrogen-bond acceptors (Lipinski definition) is 4. The van der Waals surface area contributed by atoms with E-state index in [1.807, 2.05) is 0 Å². The molecule has 0 saturated carbocycles. The summed E-state index contributed by atoms with van der Waals surface area (Å²) in [4.78, 5) is 20.2. The van der Waals surface area contributed by atoms with Crippen molar-refractivity contribution in [3.05, 3.63) is 33.9 Å². The van der Waals surface area contributed by atoms with Crippen LogP contribution in [0.15, 0.2) is 18.2 Å². The lowest BCUT2D eigenvalue weighted by Crippen LogP contribution is -2.01. The van der Waals surface area contributed by atoms with Crippen molar-refractivity contribution in [3.63, 3.8) is 0 Å². The molecule has 15 heavy (non-hydrogen) atoms. The number of benzene rings is 1.